The summed E-state index contributed by atoms with van der Waals surface area (Å²) in [6.07, 6.45) is 8.16. The lowest BCUT2D eigenvalue weighted by Gasteiger charge is -2.47. The number of aryl methyl sites for hydroxylation is 1. The Morgan fingerprint density at radius 1 is 1.12 bits per heavy atom. The molecule has 0 radical (unpaired) electrons. The third-order valence-electron chi connectivity index (χ3n) is 7.58. The van der Waals surface area contributed by atoms with Crippen LogP contribution < -0.4 is 5.32 Å². The zero-order valence-electron chi connectivity index (χ0n) is 18.0. The van der Waals surface area contributed by atoms with Crippen molar-refractivity contribution in [3.63, 3.8) is 0 Å². The van der Waals surface area contributed by atoms with E-state index in [0.29, 0.717) is 33.1 Å². The fraction of sp³-hybridized carbons (Fsp3) is 0.375. The summed E-state index contributed by atoms with van der Waals surface area (Å²) in [5.41, 5.74) is 2.43. The molecule has 3 aromatic heterocycles. The molecular formula is C24H23F2N5O2. The Morgan fingerprint density at radius 2 is 1.88 bits per heavy atom. The zero-order chi connectivity index (χ0) is 22.9. The van der Waals surface area contributed by atoms with Gasteiger partial charge in [0.1, 0.15) is 17.0 Å². The molecular weight excluding hydrogens is 428 g/mol. The van der Waals surface area contributed by atoms with Gasteiger partial charge in [-0.3, -0.25) is 9.48 Å². The largest absolute Gasteiger partial charge is 0.481 e. The monoisotopic (exact) mass is 451 g/mol. The van der Waals surface area contributed by atoms with E-state index in [4.69, 9.17) is 0 Å². The maximum Gasteiger partial charge on any atom is 0.308 e. The number of carboxylic acids is 1. The third kappa shape index (κ3) is 3.02. The minimum absolute atomic E-state index is 0.107. The number of halogens is 2. The van der Waals surface area contributed by atoms with Crippen molar-refractivity contribution in [3.05, 3.63) is 42.4 Å². The Morgan fingerprint density at radius 3 is 2.64 bits per heavy atom. The van der Waals surface area contributed by atoms with E-state index in [1.54, 1.807) is 25.5 Å². The Kier molecular flexibility index (Phi) is 4.43. The highest BCUT2D eigenvalue weighted by atomic mass is 19.1. The van der Waals surface area contributed by atoms with Gasteiger partial charge in [0.25, 0.3) is 0 Å². The first-order chi connectivity index (χ1) is 15.9. The van der Waals surface area contributed by atoms with Gasteiger partial charge in [0, 0.05) is 35.6 Å². The molecule has 0 aliphatic heterocycles. The average Bonchev–Trinajstić information content (AvgIpc) is 3.40. The predicted molar refractivity (Wildman–Crippen MR) is 120 cm³/mol. The quantitative estimate of drug-likeness (QED) is 0.418. The van der Waals surface area contributed by atoms with Crippen molar-refractivity contribution in [1.29, 1.82) is 0 Å². The Balaban J connectivity index is 1.52. The van der Waals surface area contributed by atoms with Crippen LogP contribution in [0, 0.1) is 29.4 Å². The van der Waals surface area contributed by atoms with Crippen molar-refractivity contribution >= 4 is 33.6 Å². The smallest absolute Gasteiger partial charge is 0.308 e. The second-order valence-corrected chi connectivity index (χ2v) is 9.28. The van der Waals surface area contributed by atoms with Crippen molar-refractivity contribution in [3.8, 4) is 11.1 Å². The van der Waals surface area contributed by atoms with Gasteiger partial charge in [0.05, 0.1) is 24.0 Å². The molecule has 7 nitrogen and oxygen atoms in total. The van der Waals surface area contributed by atoms with Gasteiger partial charge in [-0.15, -0.1) is 0 Å². The maximum absolute atomic E-state index is 15.7. The fourth-order valence-corrected chi connectivity index (χ4v) is 6.03. The summed E-state index contributed by atoms with van der Waals surface area (Å²) in [5.74, 6) is -2.02. The standard InChI is InChI=1S/C24H23F2N5O2/c1-31-22-17(10-29-31)14(16-9-28-23-15(16)6-13(25)8-27-23)7-18(20(22)26)30-21-12-4-2-11(3-5-12)19(21)24(32)33/h6-12,19,21,30H,2-5H2,1H3,(H,27,28)(H,32,33)/t11?,12?,19-,21?/m0/s1. The van der Waals surface area contributed by atoms with Crippen LogP contribution in [0.25, 0.3) is 33.1 Å². The summed E-state index contributed by atoms with van der Waals surface area (Å²) in [6.45, 7) is 0. The van der Waals surface area contributed by atoms with E-state index in [1.807, 2.05) is 0 Å². The minimum atomic E-state index is -0.831. The van der Waals surface area contributed by atoms with Crippen LogP contribution in [0.4, 0.5) is 14.5 Å². The lowest BCUT2D eigenvalue weighted by atomic mass is 9.61. The Hall–Kier alpha value is -3.49. The molecule has 3 aliphatic rings. The number of carboxylic acid groups (broad SMARTS) is 1. The van der Waals surface area contributed by atoms with Gasteiger partial charge >= 0.3 is 5.97 Å². The molecule has 2 bridgehead atoms. The van der Waals surface area contributed by atoms with Crippen LogP contribution >= 0.6 is 0 Å². The lowest BCUT2D eigenvalue weighted by molar-refractivity contribution is -0.148. The summed E-state index contributed by atoms with van der Waals surface area (Å²) >= 11 is 0. The molecule has 3 N–H and O–H groups in total. The van der Waals surface area contributed by atoms with Crippen molar-refractivity contribution in [2.24, 2.45) is 24.8 Å². The molecule has 0 spiro atoms. The number of carbonyl (C=O) groups is 1. The van der Waals surface area contributed by atoms with Crippen molar-refractivity contribution in [2.45, 2.75) is 31.7 Å². The van der Waals surface area contributed by atoms with E-state index >= 15 is 4.39 Å². The molecule has 3 saturated carbocycles. The highest BCUT2D eigenvalue weighted by molar-refractivity contribution is 6.05. The number of benzene rings is 1. The zero-order valence-corrected chi connectivity index (χ0v) is 18.0. The number of rotatable bonds is 4. The molecule has 7 rings (SSSR count). The minimum Gasteiger partial charge on any atom is -0.481 e. The fourth-order valence-electron chi connectivity index (χ4n) is 6.03. The number of hydrogen-bond acceptors (Lipinski definition) is 4. The molecule has 3 heterocycles. The molecule has 0 amide bonds. The number of fused-ring (bicyclic) bond motifs is 5. The lowest BCUT2D eigenvalue weighted by Crippen LogP contribution is -2.51. The number of H-pyrrole nitrogens is 1. The van der Waals surface area contributed by atoms with E-state index in [-0.39, 0.29) is 23.6 Å². The van der Waals surface area contributed by atoms with Crippen LogP contribution in [0.15, 0.2) is 30.7 Å². The molecule has 33 heavy (non-hydrogen) atoms. The van der Waals surface area contributed by atoms with Crippen LogP contribution in [0.5, 0.6) is 0 Å². The van der Waals surface area contributed by atoms with Gasteiger partial charge in [-0.05, 0) is 55.2 Å². The first-order valence-corrected chi connectivity index (χ1v) is 11.2. The van der Waals surface area contributed by atoms with Gasteiger partial charge in [0.2, 0.25) is 0 Å². The first-order valence-electron chi connectivity index (χ1n) is 11.2. The molecule has 4 aromatic rings. The van der Waals surface area contributed by atoms with E-state index < -0.39 is 23.5 Å². The van der Waals surface area contributed by atoms with E-state index in [1.165, 1.54) is 10.7 Å². The molecule has 9 heteroatoms. The van der Waals surface area contributed by atoms with Crippen LogP contribution in [0.3, 0.4) is 0 Å². The number of pyridine rings is 1. The summed E-state index contributed by atoms with van der Waals surface area (Å²) in [5, 5.41) is 18.6. The van der Waals surface area contributed by atoms with Crippen LogP contribution in [0.1, 0.15) is 25.7 Å². The molecule has 170 valence electrons. The van der Waals surface area contributed by atoms with Crippen molar-refractivity contribution < 1.29 is 18.7 Å². The molecule has 0 saturated heterocycles. The topological polar surface area (TPSA) is 95.8 Å². The summed E-state index contributed by atoms with van der Waals surface area (Å²) in [4.78, 5) is 19.2. The highest BCUT2D eigenvalue weighted by Crippen LogP contribution is 2.47. The maximum atomic E-state index is 15.7. The van der Waals surface area contributed by atoms with Gasteiger partial charge < -0.3 is 15.4 Å². The second kappa shape index (κ2) is 7.26. The Labute approximate surface area is 187 Å². The number of aromatic amines is 1. The number of nitrogens with zero attached hydrogens (tertiary/aromatic N) is 3. The normalized spacial score (nSPS) is 24.6. The van der Waals surface area contributed by atoms with Crippen molar-refractivity contribution in [1.82, 2.24) is 19.7 Å². The van der Waals surface area contributed by atoms with E-state index in [2.05, 4.69) is 20.4 Å². The predicted octanol–water partition coefficient (Wildman–Crippen LogP) is 4.70. The molecule has 1 unspecified atom stereocenters. The average molecular weight is 451 g/mol. The van der Waals surface area contributed by atoms with Crippen LogP contribution in [-0.4, -0.2) is 36.9 Å². The first kappa shape index (κ1) is 20.1. The third-order valence-corrected chi connectivity index (χ3v) is 7.58. The van der Waals surface area contributed by atoms with Gasteiger partial charge in [0.15, 0.2) is 5.82 Å². The Bertz CT molecular complexity index is 1400. The van der Waals surface area contributed by atoms with E-state index in [0.717, 1.165) is 31.9 Å². The summed E-state index contributed by atoms with van der Waals surface area (Å²) in [6, 6.07) is 2.74. The van der Waals surface area contributed by atoms with Crippen molar-refractivity contribution in [2.75, 3.05) is 5.32 Å². The second-order valence-electron chi connectivity index (χ2n) is 9.28. The molecule has 3 fully saturated rings. The number of aliphatic carboxylic acids is 1. The van der Waals surface area contributed by atoms with Gasteiger partial charge in [-0.25, -0.2) is 13.8 Å². The van der Waals surface area contributed by atoms with Crippen LogP contribution in [0.2, 0.25) is 0 Å². The molecule has 2 atom stereocenters. The number of hydrogen-bond donors (Lipinski definition) is 3. The number of nitrogens with one attached hydrogen (secondary N) is 2. The summed E-state index contributed by atoms with van der Waals surface area (Å²) < 4.78 is 31.2. The molecule has 1 aromatic carbocycles. The highest BCUT2D eigenvalue weighted by Gasteiger charge is 2.47. The van der Waals surface area contributed by atoms with Gasteiger partial charge in [-0.2, -0.15) is 5.10 Å². The SMILES string of the molecule is Cn1ncc2c(-c3c[nH]c4ncc(F)cc34)cc(NC3C4CCC(CC4)[C@@H]3C(=O)O)c(F)c21. The number of anilines is 1. The number of aromatic nitrogens is 4. The van der Waals surface area contributed by atoms with E-state index in [9.17, 15) is 14.3 Å². The van der Waals surface area contributed by atoms with Gasteiger partial charge in [-0.1, -0.05) is 0 Å². The van der Waals surface area contributed by atoms with Crippen LogP contribution in [-0.2, 0) is 11.8 Å². The molecule has 3 aliphatic carbocycles. The summed E-state index contributed by atoms with van der Waals surface area (Å²) in [7, 11) is 1.66.